The van der Waals surface area contributed by atoms with Gasteiger partial charge in [0, 0.05) is 29.4 Å². The third kappa shape index (κ3) is 4.03. The van der Waals surface area contributed by atoms with Gasteiger partial charge in [0.15, 0.2) is 11.5 Å². The van der Waals surface area contributed by atoms with Crippen LogP contribution in [0.2, 0.25) is 0 Å². The first-order chi connectivity index (χ1) is 13.2. The number of fused-ring (bicyclic) bond motifs is 1. The Labute approximate surface area is 157 Å². The molecule has 0 aliphatic heterocycles. The van der Waals surface area contributed by atoms with Gasteiger partial charge in [0.2, 0.25) is 11.7 Å². The molecule has 2 aromatic carbocycles. The molecule has 1 aromatic heterocycles. The lowest BCUT2D eigenvalue weighted by Gasteiger charge is -2.15. The van der Waals surface area contributed by atoms with Crippen LogP contribution in [0.25, 0.3) is 10.9 Å². The van der Waals surface area contributed by atoms with Crippen LogP contribution in [0, 0.1) is 0 Å². The molecule has 0 aliphatic rings. The van der Waals surface area contributed by atoms with Crippen molar-refractivity contribution in [3.05, 3.63) is 48.7 Å². The van der Waals surface area contributed by atoms with E-state index in [-0.39, 0.29) is 12.5 Å². The Hall–Kier alpha value is -3.48. The van der Waals surface area contributed by atoms with E-state index >= 15 is 0 Å². The molecule has 3 aromatic rings. The van der Waals surface area contributed by atoms with Crippen molar-refractivity contribution in [1.82, 2.24) is 4.98 Å². The molecular formula is C20H21N3O4. The van der Waals surface area contributed by atoms with Crippen molar-refractivity contribution in [1.29, 1.82) is 0 Å². The molecule has 27 heavy (non-hydrogen) atoms. The van der Waals surface area contributed by atoms with Gasteiger partial charge in [0.05, 0.1) is 39.1 Å². The number of hydrogen-bond acceptors (Lipinski definition) is 6. The molecular weight excluding hydrogens is 346 g/mol. The first kappa shape index (κ1) is 18.3. The minimum Gasteiger partial charge on any atom is -0.493 e. The van der Waals surface area contributed by atoms with E-state index in [2.05, 4.69) is 15.6 Å². The number of ether oxygens (including phenoxy) is 3. The number of nitrogens with one attached hydrogen (secondary N) is 2. The summed E-state index contributed by atoms with van der Waals surface area (Å²) in [6.45, 7) is 0.0896. The molecule has 0 spiro atoms. The zero-order chi connectivity index (χ0) is 19.2. The summed E-state index contributed by atoms with van der Waals surface area (Å²) in [5.41, 5.74) is 2.17. The van der Waals surface area contributed by atoms with E-state index in [0.29, 0.717) is 22.9 Å². The van der Waals surface area contributed by atoms with Crippen LogP contribution in [0.5, 0.6) is 17.2 Å². The molecule has 0 fully saturated rings. The van der Waals surface area contributed by atoms with Gasteiger partial charge in [0.1, 0.15) is 0 Å². The van der Waals surface area contributed by atoms with Gasteiger partial charge in [-0.1, -0.05) is 18.2 Å². The summed E-state index contributed by atoms with van der Waals surface area (Å²) in [5, 5.41) is 6.96. The second kappa shape index (κ2) is 8.27. The lowest BCUT2D eigenvalue weighted by molar-refractivity contribution is -0.114. The molecule has 0 bridgehead atoms. The molecule has 2 N–H and O–H groups in total. The summed E-state index contributed by atoms with van der Waals surface area (Å²) in [6, 6.07) is 13.0. The highest BCUT2D eigenvalue weighted by atomic mass is 16.5. The van der Waals surface area contributed by atoms with E-state index in [1.807, 2.05) is 30.3 Å². The van der Waals surface area contributed by atoms with Crippen LogP contribution in [0.15, 0.2) is 48.7 Å². The van der Waals surface area contributed by atoms with Gasteiger partial charge < -0.3 is 24.8 Å². The molecule has 1 heterocycles. The lowest BCUT2D eigenvalue weighted by atomic mass is 10.2. The highest BCUT2D eigenvalue weighted by molar-refractivity contribution is 5.96. The number of amides is 1. The fourth-order valence-corrected chi connectivity index (χ4v) is 2.78. The Morgan fingerprint density at radius 3 is 2.37 bits per heavy atom. The van der Waals surface area contributed by atoms with Gasteiger partial charge in [-0.2, -0.15) is 0 Å². The monoisotopic (exact) mass is 367 g/mol. The maximum absolute atomic E-state index is 12.4. The van der Waals surface area contributed by atoms with E-state index in [1.165, 1.54) is 21.3 Å². The van der Waals surface area contributed by atoms with Crippen molar-refractivity contribution in [2.45, 2.75) is 0 Å². The van der Waals surface area contributed by atoms with Gasteiger partial charge in [0.25, 0.3) is 0 Å². The summed E-state index contributed by atoms with van der Waals surface area (Å²) in [6.07, 6.45) is 1.73. The van der Waals surface area contributed by atoms with E-state index in [9.17, 15) is 4.79 Å². The number of aromatic nitrogens is 1. The van der Waals surface area contributed by atoms with Crippen LogP contribution in [-0.2, 0) is 4.79 Å². The first-order valence-electron chi connectivity index (χ1n) is 8.33. The highest BCUT2D eigenvalue weighted by Crippen LogP contribution is 2.39. The molecule has 7 heteroatoms. The summed E-state index contributed by atoms with van der Waals surface area (Å²) in [5.74, 6) is 1.20. The molecule has 0 aliphatic carbocycles. The van der Waals surface area contributed by atoms with Crippen molar-refractivity contribution < 1.29 is 19.0 Å². The van der Waals surface area contributed by atoms with Crippen molar-refractivity contribution >= 4 is 28.2 Å². The minimum absolute atomic E-state index is 0.0896. The van der Waals surface area contributed by atoms with Crippen LogP contribution >= 0.6 is 0 Å². The summed E-state index contributed by atoms with van der Waals surface area (Å²) in [4.78, 5) is 16.7. The Kier molecular flexibility index (Phi) is 5.61. The van der Waals surface area contributed by atoms with Crippen LogP contribution in [0.4, 0.5) is 11.4 Å². The number of benzene rings is 2. The predicted molar refractivity (Wildman–Crippen MR) is 105 cm³/mol. The fourth-order valence-electron chi connectivity index (χ4n) is 2.78. The van der Waals surface area contributed by atoms with Crippen molar-refractivity contribution in [2.24, 2.45) is 0 Å². The quantitative estimate of drug-likeness (QED) is 0.667. The van der Waals surface area contributed by atoms with E-state index in [0.717, 1.165) is 16.6 Å². The van der Waals surface area contributed by atoms with Crippen molar-refractivity contribution in [3.63, 3.8) is 0 Å². The van der Waals surface area contributed by atoms with E-state index in [4.69, 9.17) is 14.2 Å². The second-order valence-electron chi connectivity index (χ2n) is 5.70. The van der Waals surface area contributed by atoms with Gasteiger partial charge in [-0.05, 0) is 12.1 Å². The number of rotatable bonds is 7. The first-order valence-corrected chi connectivity index (χ1v) is 8.33. The molecule has 0 atom stereocenters. The highest BCUT2D eigenvalue weighted by Gasteiger charge is 2.14. The SMILES string of the molecule is COc1cc(NC(=O)CNc2cccc3cccnc23)cc(OC)c1OC. The van der Waals surface area contributed by atoms with Gasteiger partial charge in [-0.25, -0.2) is 0 Å². The van der Waals surface area contributed by atoms with Crippen LogP contribution in [-0.4, -0.2) is 38.8 Å². The molecule has 0 saturated carbocycles. The molecule has 140 valence electrons. The Bertz CT molecular complexity index is 929. The topological polar surface area (TPSA) is 81.7 Å². The minimum atomic E-state index is -0.211. The van der Waals surface area contributed by atoms with Crippen molar-refractivity contribution in [3.8, 4) is 17.2 Å². The zero-order valence-electron chi connectivity index (χ0n) is 15.4. The molecule has 0 unspecified atom stereocenters. The van der Waals surface area contributed by atoms with Gasteiger partial charge >= 0.3 is 0 Å². The normalized spacial score (nSPS) is 10.3. The Morgan fingerprint density at radius 2 is 1.70 bits per heavy atom. The second-order valence-corrected chi connectivity index (χ2v) is 5.70. The Morgan fingerprint density at radius 1 is 1.00 bits per heavy atom. The van der Waals surface area contributed by atoms with Crippen LogP contribution in [0.3, 0.4) is 0 Å². The van der Waals surface area contributed by atoms with Gasteiger partial charge in [-0.3, -0.25) is 9.78 Å². The number of anilines is 2. The molecule has 3 rings (SSSR count). The molecule has 1 amide bonds. The Balaban J connectivity index is 1.72. The number of pyridine rings is 1. The van der Waals surface area contributed by atoms with E-state index in [1.54, 1.807) is 18.3 Å². The lowest BCUT2D eigenvalue weighted by Crippen LogP contribution is -2.22. The molecule has 0 radical (unpaired) electrons. The largest absolute Gasteiger partial charge is 0.493 e. The third-order valence-electron chi connectivity index (χ3n) is 4.02. The fraction of sp³-hybridized carbons (Fsp3) is 0.200. The van der Waals surface area contributed by atoms with Crippen LogP contribution in [0.1, 0.15) is 0 Å². The van der Waals surface area contributed by atoms with E-state index < -0.39 is 0 Å². The number of para-hydroxylation sites is 1. The summed E-state index contributed by atoms with van der Waals surface area (Å²) >= 11 is 0. The maximum Gasteiger partial charge on any atom is 0.243 e. The third-order valence-corrected chi connectivity index (χ3v) is 4.02. The zero-order valence-corrected chi connectivity index (χ0v) is 15.4. The standard InChI is InChI=1S/C20H21N3O4/c1-25-16-10-14(11-17(26-2)20(16)27-3)23-18(24)12-22-15-8-4-6-13-7-5-9-21-19(13)15/h4-11,22H,12H2,1-3H3,(H,23,24). The number of carbonyl (C=O) groups is 1. The number of hydrogen-bond donors (Lipinski definition) is 2. The number of methoxy groups -OCH3 is 3. The number of carbonyl (C=O) groups excluding carboxylic acids is 1. The smallest absolute Gasteiger partial charge is 0.243 e. The van der Waals surface area contributed by atoms with Crippen molar-refractivity contribution in [2.75, 3.05) is 38.5 Å². The summed E-state index contributed by atoms with van der Waals surface area (Å²) < 4.78 is 15.9. The maximum atomic E-state index is 12.4. The van der Waals surface area contributed by atoms with Gasteiger partial charge in [-0.15, -0.1) is 0 Å². The predicted octanol–water partition coefficient (Wildman–Crippen LogP) is 3.31. The summed E-state index contributed by atoms with van der Waals surface area (Å²) in [7, 11) is 4.58. The molecule has 0 saturated heterocycles. The number of nitrogens with zero attached hydrogens (tertiary/aromatic N) is 1. The molecule has 7 nitrogen and oxygen atoms in total. The average Bonchev–Trinajstić information content (AvgIpc) is 2.71. The van der Waals surface area contributed by atoms with Crippen LogP contribution < -0.4 is 24.8 Å². The average molecular weight is 367 g/mol.